The Labute approximate surface area is 138 Å². The number of carbonyl (C=O) groups is 1. The Kier molecular flexibility index (Phi) is 4.51. The molecule has 2 heterocycles. The Balaban J connectivity index is 1.67. The molecule has 1 amide bonds. The van der Waals surface area contributed by atoms with Gasteiger partial charge in [-0.05, 0) is 25.1 Å². The molecule has 122 valence electrons. The van der Waals surface area contributed by atoms with Crippen molar-refractivity contribution < 1.29 is 14.1 Å². The normalized spacial score (nSPS) is 20.5. The number of nitrogens with one attached hydrogen (secondary N) is 3. The molecule has 2 atom stereocenters. The highest BCUT2D eigenvalue weighted by Gasteiger charge is 2.29. The largest absolute Gasteiger partial charge is 0.496 e. The fourth-order valence-corrected chi connectivity index (χ4v) is 2.71. The van der Waals surface area contributed by atoms with Crippen LogP contribution in [0.4, 0.5) is 0 Å². The third-order valence-corrected chi connectivity index (χ3v) is 3.86. The number of nitrogens with zero attached hydrogens (tertiary/aromatic N) is 1. The van der Waals surface area contributed by atoms with Gasteiger partial charge in [0.1, 0.15) is 5.75 Å². The molecule has 0 spiro atoms. The molecule has 0 radical (unpaired) electrons. The number of amides is 1. The van der Waals surface area contributed by atoms with Gasteiger partial charge in [-0.3, -0.25) is 4.79 Å². The quantitative estimate of drug-likeness (QED) is 0.790. The van der Waals surface area contributed by atoms with E-state index < -0.39 is 0 Å². The van der Waals surface area contributed by atoms with Crippen LogP contribution in [-0.2, 0) is 0 Å². The Morgan fingerprint density at radius 3 is 2.96 bits per heavy atom. The van der Waals surface area contributed by atoms with E-state index in [2.05, 4.69) is 21.3 Å². The fourth-order valence-electron chi connectivity index (χ4n) is 2.53. The molecule has 1 aliphatic heterocycles. The van der Waals surface area contributed by atoms with Crippen molar-refractivity contribution in [2.75, 3.05) is 7.11 Å². The van der Waals surface area contributed by atoms with Crippen LogP contribution < -0.4 is 20.9 Å². The average Bonchev–Trinajstić information content (AvgIpc) is 3.16. The van der Waals surface area contributed by atoms with Crippen LogP contribution >= 0.6 is 11.6 Å². The number of ether oxygens (including phenoxy) is 1. The molecule has 1 aliphatic rings. The third kappa shape index (κ3) is 3.47. The molecule has 8 heteroatoms. The number of halogens is 1. The summed E-state index contributed by atoms with van der Waals surface area (Å²) in [6.45, 7) is 1.76. The Hall–Kier alpha value is -2.09. The SMILES string of the molecule is COc1ccc(Cl)cc1C1CC(NC(=O)c2cc(C)no2)NN1. The summed E-state index contributed by atoms with van der Waals surface area (Å²) in [5.74, 6) is 0.614. The molecule has 23 heavy (non-hydrogen) atoms. The second-order valence-corrected chi connectivity index (χ2v) is 5.76. The van der Waals surface area contributed by atoms with Crippen LogP contribution in [0.2, 0.25) is 5.02 Å². The van der Waals surface area contributed by atoms with Crippen molar-refractivity contribution in [2.45, 2.75) is 25.6 Å². The number of carbonyl (C=O) groups excluding carboxylic acids is 1. The van der Waals surface area contributed by atoms with Crippen LogP contribution in [0, 0.1) is 6.92 Å². The summed E-state index contributed by atoms with van der Waals surface area (Å²) in [5.41, 5.74) is 7.77. The Morgan fingerprint density at radius 2 is 2.26 bits per heavy atom. The van der Waals surface area contributed by atoms with Crippen molar-refractivity contribution in [1.82, 2.24) is 21.3 Å². The molecule has 3 N–H and O–H groups in total. The molecule has 3 rings (SSSR count). The van der Waals surface area contributed by atoms with Crippen molar-refractivity contribution >= 4 is 17.5 Å². The number of aryl methyl sites for hydroxylation is 1. The standard InChI is InChI=1S/C15H17ClN4O3/c1-8-5-13(23-20-8)15(21)17-14-7-11(18-19-14)10-6-9(16)3-4-12(10)22-2/h3-6,11,14,18-19H,7H2,1-2H3,(H,17,21). The van der Waals surface area contributed by atoms with Crippen LogP contribution in [0.3, 0.4) is 0 Å². The minimum Gasteiger partial charge on any atom is -0.496 e. The van der Waals surface area contributed by atoms with Crippen molar-refractivity contribution in [2.24, 2.45) is 0 Å². The number of hydrazine groups is 1. The number of rotatable bonds is 4. The summed E-state index contributed by atoms with van der Waals surface area (Å²) in [5, 5.41) is 7.18. The molecular weight excluding hydrogens is 320 g/mol. The summed E-state index contributed by atoms with van der Waals surface area (Å²) in [6, 6.07) is 7.00. The molecule has 2 unspecified atom stereocenters. The van der Waals surface area contributed by atoms with E-state index in [-0.39, 0.29) is 23.9 Å². The van der Waals surface area contributed by atoms with E-state index in [1.807, 2.05) is 12.1 Å². The molecule has 7 nitrogen and oxygen atoms in total. The predicted molar refractivity (Wildman–Crippen MR) is 84.1 cm³/mol. The minimum absolute atomic E-state index is 0.0367. The van der Waals surface area contributed by atoms with E-state index in [0.29, 0.717) is 17.1 Å². The van der Waals surface area contributed by atoms with E-state index in [0.717, 1.165) is 11.3 Å². The topological polar surface area (TPSA) is 88.4 Å². The number of hydrogen-bond donors (Lipinski definition) is 3. The molecule has 1 aromatic carbocycles. The van der Waals surface area contributed by atoms with Gasteiger partial charge in [-0.2, -0.15) is 0 Å². The zero-order valence-electron chi connectivity index (χ0n) is 12.7. The van der Waals surface area contributed by atoms with E-state index in [1.165, 1.54) is 0 Å². The smallest absolute Gasteiger partial charge is 0.291 e. The minimum atomic E-state index is -0.316. The maximum atomic E-state index is 12.1. The van der Waals surface area contributed by atoms with E-state index >= 15 is 0 Å². The monoisotopic (exact) mass is 336 g/mol. The highest BCUT2D eigenvalue weighted by Crippen LogP contribution is 2.32. The molecule has 1 saturated heterocycles. The zero-order chi connectivity index (χ0) is 16.4. The van der Waals surface area contributed by atoms with Gasteiger partial charge in [0.2, 0.25) is 5.76 Å². The maximum Gasteiger partial charge on any atom is 0.291 e. The van der Waals surface area contributed by atoms with Gasteiger partial charge in [0.25, 0.3) is 5.91 Å². The summed E-state index contributed by atoms with van der Waals surface area (Å²) in [7, 11) is 1.61. The van der Waals surface area contributed by atoms with Crippen LogP contribution in [0.25, 0.3) is 0 Å². The summed E-state index contributed by atoms with van der Waals surface area (Å²) >= 11 is 6.06. The van der Waals surface area contributed by atoms with Crippen molar-refractivity contribution in [3.05, 3.63) is 46.3 Å². The first kappa shape index (κ1) is 15.8. The lowest BCUT2D eigenvalue weighted by Crippen LogP contribution is -2.44. The van der Waals surface area contributed by atoms with Crippen molar-refractivity contribution in [1.29, 1.82) is 0 Å². The number of hydrogen-bond acceptors (Lipinski definition) is 6. The van der Waals surface area contributed by atoms with Gasteiger partial charge >= 0.3 is 0 Å². The number of benzene rings is 1. The fraction of sp³-hybridized carbons (Fsp3) is 0.333. The molecule has 0 bridgehead atoms. The lowest BCUT2D eigenvalue weighted by molar-refractivity contribution is 0.0895. The number of aromatic nitrogens is 1. The highest BCUT2D eigenvalue weighted by molar-refractivity contribution is 6.30. The average molecular weight is 337 g/mol. The number of methoxy groups -OCH3 is 1. The molecule has 2 aromatic rings. The summed E-state index contributed by atoms with van der Waals surface area (Å²) < 4.78 is 10.3. The summed E-state index contributed by atoms with van der Waals surface area (Å²) in [4.78, 5) is 12.1. The van der Waals surface area contributed by atoms with E-state index in [4.69, 9.17) is 20.9 Å². The van der Waals surface area contributed by atoms with Gasteiger partial charge in [0, 0.05) is 23.1 Å². The van der Waals surface area contributed by atoms with Crippen LogP contribution in [0.5, 0.6) is 5.75 Å². The van der Waals surface area contributed by atoms with Crippen molar-refractivity contribution in [3.8, 4) is 5.75 Å². The first-order chi connectivity index (χ1) is 11.1. The highest BCUT2D eigenvalue weighted by atomic mass is 35.5. The first-order valence-corrected chi connectivity index (χ1v) is 7.53. The van der Waals surface area contributed by atoms with Gasteiger partial charge in [-0.25, -0.2) is 10.9 Å². The van der Waals surface area contributed by atoms with Crippen LogP contribution in [-0.4, -0.2) is 24.3 Å². The van der Waals surface area contributed by atoms with Crippen molar-refractivity contribution in [3.63, 3.8) is 0 Å². The second kappa shape index (κ2) is 6.57. The second-order valence-electron chi connectivity index (χ2n) is 5.32. The third-order valence-electron chi connectivity index (χ3n) is 3.63. The molecular formula is C15H17ClN4O3. The van der Waals surface area contributed by atoms with E-state index in [9.17, 15) is 4.79 Å². The Morgan fingerprint density at radius 1 is 1.43 bits per heavy atom. The van der Waals surface area contributed by atoms with Gasteiger partial charge < -0.3 is 14.6 Å². The first-order valence-electron chi connectivity index (χ1n) is 7.15. The molecule has 0 aliphatic carbocycles. The molecule has 1 fully saturated rings. The van der Waals surface area contributed by atoms with E-state index in [1.54, 1.807) is 26.2 Å². The molecule has 1 aromatic heterocycles. The maximum absolute atomic E-state index is 12.1. The molecule has 0 saturated carbocycles. The lowest BCUT2D eigenvalue weighted by Gasteiger charge is -2.14. The van der Waals surface area contributed by atoms with Gasteiger partial charge in [0.05, 0.1) is 25.0 Å². The van der Waals surface area contributed by atoms with Crippen LogP contribution in [0.15, 0.2) is 28.8 Å². The lowest BCUT2D eigenvalue weighted by atomic mass is 10.0. The van der Waals surface area contributed by atoms with Gasteiger partial charge in [0.15, 0.2) is 0 Å². The predicted octanol–water partition coefficient (Wildman–Crippen LogP) is 1.94. The van der Waals surface area contributed by atoms with Crippen LogP contribution in [0.1, 0.15) is 34.3 Å². The summed E-state index contributed by atoms with van der Waals surface area (Å²) in [6.07, 6.45) is 0.386. The Bertz CT molecular complexity index is 718. The van der Waals surface area contributed by atoms with Gasteiger partial charge in [-0.15, -0.1) is 0 Å². The zero-order valence-corrected chi connectivity index (χ0v) is 13.5. The van der Waals surface area contributed by atoms with Gasteiger partial charge in [-0.1, -0.05) is 16.8 Å².